The third-order valence-electron chi connectivity index (χ3n) is 7.04. The zero-order valence-corrected chi connectivity index (χ0v) is 27.4. The summed E-state index contributed by atoms with van der Waals surface area (Å²) in [5, 5.41) is 1.58. The molecule has 0 aliphatic carbocycles. The van der Waals surface area contributed by atoms with Gasteiger partial charge in [-0.3, -0.25) is 4.98 Å². The van der Waals surface area contributed by atoms with Crippen molar-refractivity contribution in [2.45, 2.75) is 98.2 Å². The maximum Gasteiger partial charge on any atom is 0.425 e. The van der Waals surface area contributed by atoms with E-state index in [4.69, 9.17) is 18.9 Å². The average molecular weight is 618 g/mol. The van der Waals surface area contributed by atoms with Crippen LogP contribution in [0.15, 0.2) is 49.1 Å². The van der Waals surface area contributed by atoms with Crippen molar-refractivity contribution < 1.29 is 28.5 Å². The summed E-state index contributed by atoms with van der Waals surface area (Å²) in [6.07, 6.45) is 5.36. The molecule has 1 fully saturated rings. The van der Waals surface area contributed by atoms with E-state index in [-0.39, 0.29) is 18.1 Å². The Morgan fingerprint density at radius 2 is 1.69 bits per heavy atom. The number of ether oxygens (including phenoxy) is 4. The average Bonchev–Trinajstić information content (AvgIpc) is 3.57. The Labute approximate surface area is 263 Å². The zero-order valence-electron chi connectivity index (χ0n) is 27.4. The molecule has 5 rings (SSSR count). The molecule has 45 heavy (non-hydrogen) atoms. The van der Waals surface area contributed by atoms with E-state index in [0.29, 0.717) is 23.6 Å². The molecule has 11 heteroatoms. The number of anilines is 1. The molecule has 4 aromatic rings. The van der Waals surface area contributed by atoms with Crippen LogP contribution in [0.25, 0.3) is 21.9 Å². The third-order valence-corrected chi connectivity index (χ3v) is 7.04. The largest absolute Gasteiger partial charge is 0.491 e. The van der Waals surface area contributed by atoms with Crippen molar-refractivity contribution in [3.05, 3.63) is 54.6 Å². The fraction of sp³-hybridized carbons (Fsp3) is 0.500. The minimum atomic E-state index is -0.890. The van der Waals surface area contributed by atoms with Gasteiger partial charge in [0.05, 0.1) is 17.0 Å². The number of aromatic nitrogens is 4. The molecule has 3 aromatic heterocycles. The third kappa shape index (κ3) is 7.89. The number of hydrogen-bond acceptors (Lipinski definition) is 9. The van der Waals surface area contributed by atoms with Crippen molar-refractivity contribution in [2.75, 3.05) is 11.5 Å². The fourth-order valence-corrected chi connectivity index (χ4v) is 5.25. The number of nitrogens with zero attached hydrogens (tertiary/aromatic N) is 5. The molecule has 1 aliphatic rings. The van der Waals surface area contributed by atoms with Gasteiger partial charge in [-0.25, -0.2) is 19.6 Å². The zero-order chi connectivity index (χ0) is 32.5. The summed E-state index contributed by atoms with van der Waals surface area (Å²) >= 11 is 0. The summed E-state index contributed by atoms with van der Waals surface area (Å²) in [5.74, 6) is 1.39. The highest BCUT2D eigenvalue weighted by atomic mass is 16.6. The van der Waals surface area contributed by atoms with Gasteiger partial charge in [0.25, 0.3) is 0 Å². The van der Waals surface area contributed by atoms with Gasteiger partial charge in [0.15, 0.2) is 5.82 Å². The normalized spacial score (nSPS) is 17.2. The minimum Gasteiger partial charge on any atom is -0.491 e. The van der Waals surface area contributed by atoms with Crippen LogP contribution in [0, 0.1) is 5.92 Å². The van der Waals surface area contributed by atoms with Crippen molar-refractivity contribution >= 4 is 39.9 Å². The van der Waals surface area contributed by atoms with Crippen molar-refractivity contribution in [2.24, 2.45) is 5.92 Å². The van der Waals surface area contributed by atoms with E-state index in [9.17, 15) is 9.59 Å². The number of carbonyl (C=O) groups excluding carboxylic acids is 2. The Balaban J connectivity index is 1.30. The van der Waals surface area contributed by atoms with E-state index >= 15 is 0 Å². The van der Waals surface area contributed by atoms with Crippen LogP contribution in [0.3, 0.4) is 0 Å². The molecule has 0 radical (unpaired) electrons. The van der Waals surface area contributed by atoms with Crippen LogP contribution in [0.5, 0.6) is 5.75 Å². The molecular weight excluding hydrogens is 574 g/mol. The highest BCUT2D eigenvalue weighted by Gasteiger charge is 2.36. The molecule has 1 aromatic carbocycles. The van der Waals surface area contributed by atoms with Gasteiger partial charge >= 0.3 is 12.2 Å². The lowest BCUT2D eigenvalue weighted by Crippen LogP contribution is -2.44. The Hall–Kier alpha value is -4.25. The van der Waals surface area contributed by atoms with Crippen LogP contribution >= 0.6 is 0 Å². The Morgan fingerprint density at radius 1 is 0.978 bits per heavy atom. The monoisotopic (exact) mass is 617 g/mol. The maximum atomic E-state index is 13.2. The minimum absolute atomic E-state index is 0.0707. The number of imide groups is 1. The van der Waals surface area contributed by atoms with Crippen molar-refractivity contribution in [3.63, 3.8) is 0 Å². The molecule has 0 N–H and O–H groups in total. The molecular formula is C34H43N5O6. The van der Waals surface area contributed by atoms with Crippen LogP contribution in [0.2, 0.25) is 0 Å². The molecule has 1 aliphatic heterocycles. The van der Waals surface area contributed by atoms with Gasteiger partial charge in [-0.2, -0.15) is 4.90 Å². The van der Waals surface area contributed by atoms with Gasteiger partial charge in [0.2, 0.25) is 0 Å². The summed E-state index contributed by atoms with van der Waals surface area (Å²) in [6, 6.07) is 9.91. The molecule has 0 saturated carbocycles. The van der Waals surface area contributed by atoms with E-state index in [1.807, 2.05) is 35.2 Å². The van der Waals surface area contributed by atoms with Crippen LogP contribution < -0.4 is 9.64 Å². The van der Waals surface area contributed by atoms with Crippen LogP contribution in [-0.4, -0.2) is 55.6 Å². The topological polar surface area (TPSA) is 118 Å². The predicted molar refractivity (Wildman–Crippen MR) is 171 cm³/mol. The van der Waals surface area contributed by atoms with Crippen LogP contribution in [0.1, 0.15) is 80.0 Å². The van der Waals surface area contributed by atoms with Crippen molar-refractivity contribution in [1.29, 1.82) is 0 Å². The number of carbonyl (C=O) groups is 2. The van der Waals surface area contributed by atoms with Crippen molar-refractivity contribution in [3.8, 4) is 5.75 Å². The van der Waals surface area contributed by atoms with Gasteiger partial charge < -0.3 is 23.5 Å². The molecule has 1 saturated heterocycles. The second-order valence-electron chi connectivity index (χ2n) is 13.9. The summed E-state index contributed by atoms with van der Waals surface area (Å²) in [5.41, 5.74) is 0.955. The van der Waals surface area contributed by atoms with E-state index in [1.165, 1.54) is 11.9 Å². The second kappa shape index (κ2) is 12.6. The van der Waals surface area contributed by atoms with Gasteiger partial charge in [-0.15, -0.1) is 0 Å². The molecule has 0 spiro atoms. The number of pyridine rings is 1. The fourth-order valence-electron chi connectivity index (χ4n) is 5.25. The first kappa shape index (κ1) is 32.2. The molecule has 2 atom stereocenters. The lowest BCUT2D eigenvalue weighted by Gasteiger charge is -2.28. The molecule has 240 valence electrons. The number of benzene rings is 1. The van der Waals surface area contributed by atoms with E-state index in [0.717, 1.165) is 40.8 Å². The maximum absolute atomic E-state index is 13.2. The first-order chi connectivity index (χ1) is 21.2. The first-order valence-electron chi connectivity index (χ1n) is 15.4. The van der Waals surface area contributed by atoms with Gasteiger partial charge in [0, 0.05) is 23.8 Å². The summed E-state index contributed by atoms with van der Waals surface area (Å²) in [4.78, 5) is 40.7. The predicted octanol–water partition coefficient (Wildman–Crippen LogP) is 7.61. The van der Waals surface area contributed by atoms with E-state index < -0.39 is 23.4 Å². The number of fused-ring (bicyclic) bond motifs is 2. The first-order valence-corrected chi connectivity index (χ1v) is 15.4. The quantitative estimate of drug-likeness (QED) is 0.206. The molecule has 2 amide bonds. The molecule has 4 heterocycles. The van der Waals surface area contributed by atoms with Crippen LogP contribution in [0.4, 0.5) is 15.4 Å². The Kier molecular flexibility index (Phi) is 9.02. The van der Waals surface area contributed by atoms with E-state index in [1.54, 1.807) is 47.6 Å². The standard InChI is InChI=1S/C34H43N5O6/c1-21(2)15-22-16-23-9-10-24(17-27(23)35-18-22)42-19-25-11-12-28(43-25)38-14-13-26-29(38)36-20-37-30(26)39(31(40)44-33(3,4)5)32(41)45-34(6,7)8/h9-10,13-14,16-18,20-21,25,28H,11-12,15,19H2,1-8H3. The van der Waals surface area contributed by atoms with E-state index in [2.05, 4.69) is 34.9 Å². The van der Waals surface area contributed by atoms with Gasteiger partial charge in [-0.1, -0.05) is 13.8 Å². The molecule has 0 bridgehead atoms. The molecule has 11 nitrogen and oxygen atoms in total. The SMILES string of the molecule is CC(C)Cc1cnc2cc(OCC3CCC(n4ccc5c(N(C(=O)OC(C)(C)C)C(=O)OC(C)(C)C)ncnc54)O3)ccc2c1. The summed E-state index contributed by atoms with van der Waals surface area (Å²) < 4.78 is 25.5. The number of amides is 2. The van der Waals surface area contributed by atoms with Gasteiger partial charge in [0.1, 0.15) is 41.8 Å². The Morgan fingerprint density at radius 3 is 2.36 bits per heavy atom. The second-order valence-corrected chi connectivity index (χ2v) is 13.9. The smallest absolute Gasteiger partial charge is 0.425 e. The highest BCUT2D eigenvalue weighted by molar-refractivity contribution is 6.13. The van der Waals surface area contributed by atoms with Crippen LogP contribution in [-0.2, 0) is 20.6 Å². The number of hydrogen-bond donors (Lipinski definition) is 0. The highest BCUT2D eigenvalue weighted by Crippen LogP contribution is 2.34. The summed E-state index contributed by atoms with van der Waals surface area (Å²) in [6.45, 7) is 15.1. The van der Waals surface area contributed by atoms with Crippen molar-refractivity contribution in [1.82, 2.24) is 19.5 Å². The Bertz CT molecular complexity index is 1660. The molecule has 2 unspecified atom stereocenters. The summed E-state index contributed by atoms with van der Waals surface area (Å²) in [7, 11) is 0. The lowest BCUT2D eigenvalue weighted by molar-refractivity contribution is -0.0156. The lowest BCUT2D eigenvalue weighted by atomic mass is 10.0. The number of rotatable bonds is 7. The van der Waals surface area contributed by atoms with Gasteiger partial charge in [-0.05, 0) is 96.6 Å².